The second-order valence-electron chi connectivity index (χ2n) is 6.22. The van der Waals surface area contributed by atoms with Crippen LogP contribution in [-0.2, 0) is 12.7 Å². The number of nitrogens with zero attached hydrogens (tertiary/aromatic N) is 5. The zero-order valence-corrected chi connectivity index (χ0v) is 17.3. The highest BCUT2D eigenvalue weighted by Gasteiger charge is 2.38. The molecular formula is C19H14ClF3N6O3. The first-order valence-electron chi connectivity index (χ1n) is 8.79. The molecule has 0 saturated carbocycles. The van der Waals surface area contributed by atoms with Crippen LogP contribution in [0.2, 0.25) is 5.02 Å². The van der Waals surface area contributed by atoms with Crippen LogP contribution in [0, 0.1) is 11.3 Å². The molecule has 166 valence electrons. The van der Waals surface area contributed by atoms with Gasteiger partial charge in [-0.25, -0.2) is 9.97 Å². The minimum absolute atomic E-state index is 0.0387. The highest BCUT2D eigenvalue weighted by Crippen LogP contribution is 2.35. The van der Waals surface area contributed by atoms with Gasteiger partial charge in [0.05, 0.1) is 37.2 Å². The van der Waals surface area contributed by atoms with Crippen molar-refractivity contribution in [3.63, 3.8) is 0 Å². The van der Waals surface area contributed by atoms with E-state index in [9.17, 15) is 18.0 Å². The lowest BCUT2D eigenvalue weighted by molar-refractivity contribution is -0.142. The molecule has 0 aliphatic carbocycles. The van der Waals surface area contributed by atoms with Gasteiger partial charge in [-0.2, -0.15) is 23.4 Å². The number of hydrogen-bond donors (Lipinski definition) is 1. The molecule has 2 aromatic heterocycles. The van der Waals surface area contributed by atoms with Crippen molar-refractivity contribution >= 4 is 17.5 Å². The summed E-state index contributed by atoms with van der Waals surface area (Å²) in [6.07, 6.45) is -2.87. The smallest absolute Gasteiger partial charge is 0.437 e. The first-order valence-corrected chi connectivity index (χ1v) is 9.17. The van der Waals surface area contributed by atoms with Crippen LogP contribution in [0.4, 0.5) is 19.1 Å². The second-order valence-corrected chi connectivity index (χ2v) is 6.66. The van der Waals surface area contributed by atoms with E-state index in [4.69, 9.17) is 26.3 Å². The van der Waals surface area contributed by atoms with Crippen molar-refractivity contribution in [3.05, 3.63) is 62.9 Å². The highest BCUT2D eigenvalue weighted by atomic mass is 35.5. The summed E-state index contributed by atoms with van der Waals surface area (Å²) in [7, 11) is 2.94. The molecular weight excluding hydrogens is 453 g/mol. The summed E-state index contributed by atoms with van der Waals surface area (Å²) in [4.78, 5) is 24.4. The third-order valence-corrected chi connectivity index (χ3v) is 4.29. The SMILES string of the molecule is CNc1ncc(Cn2cnc(C(F)(F)F)c(Oc3cc(Cl)cc(C#N)c3)c2=O)c(OC)n1. The van der Waals surface area contributed by atoms with Crippen molar-refractivity contribution in [1.82, 2.24) is 19.5 Å². The first-order chi connectivity index (χ1) is 15.2. The molecule has 0 fully saturated rings. The van der Waals surface area contributed by atoms with Crippen molar-refractivity contribution in [1.29, 1.82) is 5.26 Å². The Morgan fingerprint density at radius 3 is 2.66 bits per heavy atom. The maximum atomic E-state index is 13.5. The molecule has 3 aromatic rings. The Morgan fingerprint density at radius 1 is 1.28 bits per heavy atom. The predicted octanol–water partition coefficient (Wildman–Crippen LogP) is 3.47. The van der Waals surface area contributed by atoms with Gasteiger partial charge < -0.3 is 14.8 Å². The topological polar surface area (TPSA) is 115 Å². The second kappa shape index (κ2) is 9.11. The number of aromatic nitrogens is 4. The van der Waals surface area contributed by atoms with E-state index in [-0.39, 0.29) is 34.7 Å². The molecule has 0 spiro atoms. The number of ether oxygens (including phenoxy) is 2. The molecule has 0 radical (unpaired) electrons. The van der Waals surface area contributed by atoms with E-state index in [1.165, 1.54) is 25.4 Å². The Bertz CT molecular complexity index is 1260. The van der Waals surface area contributed by atoms with Crippen LogP contribution in [0.5, 0.6) is 17.4 Å². The van der Waals surface area contributed by atoms with E-state index >= 15 is 0 Å². The zero-order chi connectivity index (χ0) is 23.5. The quantitative estimate of drug-likeness (QED) is 0.587. The standard InChI is InChI=1S/C19H14ClF3N6O3/c1-25-18-26-7-11(16(28-18)31-2)8-29-9-27-15(19(21,22)23)14(17(29)30)32-13-4-10(6-24)3-12(20)5-13/h3-5,7,9H,8H2,1-2H3,(H,25,26,28). The van der Waals surface area contributed by atoms with E-state index in [0.717, 1.165) is 17.0 Å². The minimum Gasteiger partial charge on any atom is -0.481 e. The Balaban J connectivity index is 2.09. The predicted molar refractivity (Wildman–Crippen MR) is 107 cm³/mol. The number of rotatable bonds is 6. The molecule has 0 aliphatic heterocycles. The van der Waals surface area contributed by atoms with Gasteiger partial charge in [0, 0.05) is 18.3 Å². The maximum absolute atomic E-state index is 13.5. The van der Waals surface area contributed by atoms with Gasteiger partial charge in [0.1, 0.15) is 5.75 Å². The van der Waals surface area contributed by atoms with E-state index in [2.05, 4.69) is 20.3 Å². The molecule has 32 heavy (non-hydrogen) atoms. The monoisotopic (exact) mass is 466 g/mol. The number of nitrogens with one attached hydrogen (secondary N) is 1. The number of halogens is 4. The van der Waals surface area contributed by atoms with Gasteiger partial charge in [-0.15, -0.1) is 0 Å². The molecule has 0 aliphatic rings. The Labute approximate surface area is 184 Å². The normalized spacial score (nSPS) is 11.0. The molecule has 1 aromatic carbocycles. The van der Waals surface area contributed by atoms with Gasteiger partial charge in [0.25, 0.3) is 5.56 Å². The van der Waals surface area contributed by atoms with Gasteiger partial charge in [-0.1, -0.05) is 11.6 Å². The molecule has 0 atom stereocenters. The number of benzene rings is 1. The molecule has 9 nitrogen and oxygen atoms in total. The van der Waals surface area contributed by atoms with Crippen molar-refractivity contribution in [2.75, 3.05) is 19.5 Å². The summed E-state index contributed by atoms with van der Waals surface area (Å²) in [6.45, 7) is -0.244. The van der Waals surface area contributed by atoms with Crippen LogP contribution in [0.1, 0.15) is 16.8 Å². The average Bonchev–Trinajstić information content (AvgIpc) is 2.75. The van der Waals surface area contributed by atoms with Crippen LogP contribution in [0.15, 0.2) is 35.5 Å². The first kappa shape index (κ1) is 22.8. The molecule has 2 heterocycles. The van der Waals surface area contributed by atoms with Crippen LogP contribution >= 0.6 is 11.6 Å². The van der Waals surface area contributed by atoms with E-state index in [1.54, 1.807) is 13.1 Å². The van der Waals surface area contributed by atoms with Crippen molar-refractivity contribution < 1.29 is 22.6 Å². The molecule has 3 rings (SSSR count). The van der Waals surface area contributed by atoms with Crippen LogP contribution in [-0.4, -0.2) is 33.7 Å². The number of methoxy groups -OCH3 is 1. The molecule has 1 N–H and O–H groups in total. The lowest BCUT2D eigenvalue weighted by atomic mass is 10.2. The van der Waals surface area contributed by atoms with Crippen LogP contribution < -0.4 is 20.3 Å². The zero-order valence-electron chi connectivity index (χ0n) is 16.6. The van der Waals surface area contributed by atoms with Gasteiger partial charge >= 0.3 is 6.18 Å². The van der Waals surface area contributed by atoms with Crippen molar-refractivity contribution in [2.45, 2.75) is 12.7 Å². The highest BCUT2D eigenvalue weighted by molar-refractivity contribution is 6.30. The Hall–Kier alpha value is -3.85. The van der Waals surface area contributed by atoms with Crippen molar-refractivity contribution in [2.24, 2.45) is 0 Å². The number of anilines is 1. The lowest BCUT2D eigenvalue weighted by Crippen LogP contribution is -2.27. The fourth-order valence-electron chi connectivity index (χ4n) is 2.66. The average molecular weight is 467 g/mol. The van der Waals surface area contributed by atoms with E-state index < -0.39 is 23.2 Å². The third kappa shape index (κ3) is 4.89. The van der Waals surface area contributed by atoms with Crippen LogP contribution in [0.25, 0.3) is 0 Å². The summed E-state index contributed by atoms with van der Waals surface area (Å²) < 4.78 is 51.8. The summed E-state index contributed by atoms with van der Waals surface area (Å²) in [6, 6.07) is 5.42. The summed E-state index contributed by atoms with van der Waals surface area (Å²) in [5, 5.41) is 11.8. The Morgan fingerprint density at radius 2 is 2.03 bits per heavy atom. The number of alkyl halides is 3. The van der Waals surface area contributed by atoms with E-state index in [1.807, 2.05) is 0 Å². The number of hydrogen-bond acceptors (Lipinski definition) is 8. The molecule has 0 bridgehead atoms. The molecule has 0 unspecified atom stereocenters. The maximum Gasteiger partial charge on any atom is 0.437 e. The summed E-state index contributed by atoms with van der Waals surface area (Å²) >= 11 is 5.88. The Kier molecular flexibility index (Phi) is 6.50. The van der Waals surface area contributed by atoms with Gasteiger partial charge in [-0.05, 0) is 18.2 Å². The molecule has 0 saturated heterocycles. The van der Waals surface area contributed by atoms with Gasteiger partial charge in [0.2, 0.25) is 17.6 Å². The fraction of sp³-hybridized carbons (Fsp3) is 0.211. The van der Waals surface area contributed by atoms with Crippen molar-refractivity contribution in [3.8, 4) is 23.4 Å². The molecule has 0 amide bonds. The summed E-state index contributed by atoms with van der Waals surface area (Å²) in [5.41, 5.74) is -2.29. The van der Waals surface area contributed by atoms with Gasteiger partial charge in [0.15, 0.2) is 5.69 Å². The van der Waals surface area contributed by atoms with Crippen LogP contribution in [0.3, 0.4) is 0 Å². The molecule has 13 heteroatoms. The third-order valence-electron chi connectivity index (χ3n) is 4.07. The van der Waals surface area contributed by atoms with Gasteiger partial charge in [-0.3, -0.25) is 9.36 Å². The lowest BCUT2D eigenvalue weighted by Gasteiger charge is -2.15. The number of nitriles is 1. The van der Waals surface area contributed by atoms with E-state index in [0.29, 0.717) is 5.56 Å². The minimum atomic E-state index is -4.97. The largest absolute Gasteiger partial charge is 0.481 e. The fourth-order valence-corrected chi connectivity index (χ4v) is 2.89. The summed E-state index contributed by atoms with van der Waals surface area (Å²) in [5.74, 6) is -0.928.